The van der Waals surface area contributed by atoms with Gasteiger partial charge in [-0.2, -0.15) is 0 Å². The van der Waals surface area contributed by atoms with Gasteiger partial charge in [-0.25, -0.2) is 0 Å². The molecule has 56 heavy (non-hydrogen) atoms. The molecule has 266 valence electrons. The summed E-state index contributed by atoms with van der Waals surface area (Å²) >= 11 is 0. The standard InChI is InChI=1S/C53H38N2O/c1-53(2)44-31-38(28-29-42(44)48-45(53)32-39-18-9-10-21-41(39)47(48)35-14-5-3-6-15-35)34-26-24-33(25-27-34)37-19-13-20-40(30-37)49-51-50(43-22-11-12-23-46(43)56-51)55-52(54-49)36-16-7-4-8-17-36/h3-32,52,54H,1-2H3. The molecule has 3 heteroatoms. The van der Waals surface area contributed by atoms with Gasteiger partial charge in [0.2, 0.25) is 0 Å². The Bertz CT molecular complexity index is 3120. The molecule has 0 spiro atoms. The average molecular weight is 719 g/mol. The third kappa shape index (κ3) is 5.08. The van der Waals surface area contributed by atoms with Crippen molar-refractivity contribution in [3.05, 3.63) is 215 Å². The van der Waals surface area contributed by atoms with E-state index in [1.807, 2.05) is 24.3 Å². The summed E-state index contributed by atoms with van der Waals surface area (Å²) in [4.78, 5) is 5.15. The van der Waals surface area contributed by atoms with Gasteiger partial charge in [0.15, 0.2) is 5.42 Å². The summed E-state index contributed by atoms with van der Waals surface area (Å²) in [5.41, 5.74) is 17.4. The Labute approximate surface area is 326 Å². The van der Waals surface area contributed by atoms with E-state index >= 15 is 0 Å². The summed E-state index contributed by atoms with van der Waals surface area (Å²) in [6.07, 6.45) is -0.225. The highest BCUT2D eigenvalue weighted by Gasteiger charge is 2.38. The van der Waals surface area contributed by atoms with Gasteiger partial charge < -0.3 is 9.73 Å². The van der Waals surface area contributed by atoms with Crippen LogP contribution in [0.4, 0.5) is 0 Å². The summed E-state index contributed by atoms with van der Waals surface area (Å²) in [7, 11) is 0. The molecule has 0 radical (unpaired) electrons. The molecule has 1 aliphatic heterocycles. The Morgan fingerprint density at radius 3 is 1.91 bits per heavy atom. The largest absolute Gasteiger partial charge is 0.452 e. The third-order valence-electron chi connectivity index (χ3n) is 11.9. The molecule has 9 aromatic rings. The molecule has 0 saturated heterocycles. The summed E-state index contributed by atoms with van der Waals surface area (Å²) in [6, 6.07) is 65.5. The summed E-state index contributed by atoms with van der Waals surface area (Å²) < 4.78 is 6.47. The molecule has 1 unspecified atom stereocenters. The first-order valence-corrected chi connectivity index (χ1v) is 19.4. The van der Waals surface area contributed by atoms with Crippen LogP contribution >= 0.6 is 0 Å². The van der Waals surface area contributed by atoms with Gasteiger partial charge >= 0.3 is 0 Å². The fraction of sp³-hybridized carbons (Fsp3) is 0.0755. The second-order valence-electron chi connectivity index (χ2n) is 15.5. The zero-order chi connectivity index (χ0) is 37.4. The van der Waals surface area contributed by atoms with E-state index in [1.165, 1.54) is 55.3 Å². The van der Waals surface area contributed by atoms with E-state index in [4.69, 9.17) is 9.41 Å². The van der Waals surface area contributed by atoms with Gasteiger partial charge in [0.1, 0.15) is 17.1 Å². The van der Waals surface area contributed by atoms with Gasteiger partial charge in [0, 0.05) is 16.4 Å². The number of fused-ring (bicyclic) bond motifs is 7. The maximum Gasteiger partial charge on any atom is 0.177 e. The molecule has 2 aliphatic rings. The Kier molecular flexibility index (Phi) is 7.27. The molecule has 11 rings (SSSR count). The predicted octanol–water partition coefficient (Wildman–Crippen LogP) is 12.0. The van der Waals surface area contributed by atoms with Crippen LogP contribution < -0.4 is 16.1 Å². The van der Waals surface area contributed by atoms with Crippen molar-refractivity contribution in [3.63, 3.8) is 0 Å². The number of furan rings is 1. The number of hydrogen-bond donors (Lipinski definition) is 1. The molecule has 0 saturated carbocycles. The van der Waals surface area contributed by atoms with Crippen LogP contribution in [0.3, 0.4) is 0 Å². The van der Waals surface area contributed by atoms with E-state index in [0.29, 0.717) is 0 Å². The van der Waals surface area contributed by atoms with Crippen molar-refractivity contribution in [2.45, 2.75) is 25.4 Å². The summed E-state index contributed by atoms with van der Waals surface area (Å²) in [5, 5.41) is 8.22. The SMILES string of the molecule is CC1(C)c2cc(-c3ccc(-c4cccc(C5=c6oc7ccccc7c6=NC(c6ccccc6)N5)c4)cc3)ccc2-c2c1cc1ccccc1c2-c1ccccc1. The third-order valence-corrected chi connectivity index (χ3v) is 11.9. The van der Waals surface area contributed by atoms with Crippen molar-refractivity contribution in [2.24, 2.45) is 4.99 Å². The van der Waals surface area contributed by atoms with E-state index in [1.54, 1.807) is 0 Å². The topological polar surface area (TPSA) is 37.5 Å². The lowest BCUT2D eigenvalue weighted by molar-refractivity contribution is 0.535. The minimum atomic E-state index is -0.225. The molecular formula is C53H38N2O. The van der Waals surface area contributed by atoms with Gasteiger partial charge in [-0.1, -0.05) is 166 Å². The fourth-order valence-corrected chi connectivity index (χ4v) is 9.04. The van der Waals surface area contributed by atoms with E-state index in [9.17, 15) is 0 Å². The summed E-state index contributed by atoms with van der Waals surface area (Å²) in [6.45, 7) is 4.76. The first kappa shape index (κ1) is 32.5. The maximum absolute atomic E-state index is 6.47. The second kappa shape index (κ2) is 12.5. The first-order valence-electron chi connectivity index (χ1n) is 19.4. The lowest BCUT2D eigenvalue weighted by Gasteiger charge is -2.23. The highest BCUT2D eigenvalue weighted by atomic mass is 16.3. The highest BCUT2D eigenvalue weighted by molar-refractivity contribution is 6.08. The highest BCUT2D eigenvalue weighted by Crippen LogP contribution is 2.55. The smallest absolute Gasteiger partial charge is 0.177 e. The van der Waals surface area contributed by atoms with Crippen LogP contribution in [0.5, 0.6) is 0 Å². The normalized spacial score (nSPS) is 15.2. The van der Waals surface area contributed by atoms with Gasteiger partial charge in [-0.15, -0.1) is 0 Å². The minimum absolute atomic E-state index is 0.147. The monoisotopic (exact) mass is 718 g/mol. The number of nitrogens with zero attached hydrogens (tertiary/aromatic N) is 1. The van der Waals surface area contributed by atoms with E-state index < -0.39 is 0 Å². The number of para-hydroxylation sites is 1. The quantitative estimate of drug-likeness (QED) is 0.192. The molecule has 0 fully saturated rings. The van der Waals surface area contributed by atoms with Crippen LogP contribution in [0.25, 0.3) is 71.9 Å². The van der Waals surface area contributed by atoms with Crippen LogP contribution in [-0.4, -0.2) is 0 Å². The van der Waals surface area contributed by atoms with E-state index in [-0.39, 0.29) is 11.6 Å². The Hall–Kier alpha value is -6.97. The lowest BCUT2D eigenvalue weighted by atomic mass is 9.80. The molecule has 8 aromatic carbocycles. The van der Waals surface area contributed by atoms with Crippen molar-refractivity contribution < 1.29 is 4.42 Å². The van der Waals surface area contributed by atoms with Crippen LogP contribution in [-0.2, 0) is 5.41 Å². The van der Waals surface area contributed by atoms with Crippen LogP contribution in [0.1, 0.15) is 42.3 Å². The van der Waals surface area contributed by atoms with Crippen molar-refractivity contribution in [1.82, 2.24) is 5.32 Å². The van der Waals surface area contributed by atoms with Crippen molar-refractivity contribution in [2.75, 3.05) is 0 Å². The number of hydrogen-bond acceptors (Lipinski definition) is 3. The molecule has 3 nitrogen and oxygen atoms in total. The Balaban J connectivity index is 0.966. The molecule has 0 bridgehead atoms. The van der Waals surface area contributed by atoms with Crippen LogP contribution in [0.15, 0.2) is 191 Å². The number of nitrogens with one attached hydrogen (secondary N) is 1. The molecule has 0 amide bonds. The van der Waals surface area contributed by atoms with Crippen LogP contribution in [0, 0.1) is 0 Å². The van der Waals surface area contributed by atoms with E-state index in [2.05, 4.69) is 177 Å². The molecule has 1 aliphatic carbocycles. The Morgan fingerprint density at radius 2 is 1.12 bits per heavy atom. The van der Waals surface area contributed by atoms with Gasteiger partial charge in [-0.3, -0.25) is 4.99 Å². The fourth-order valence-electron chi connectivity index (χ4n) is 9.04. The molecule has 1 atom stereocenters. The van der Waals surface area contributed by atoms with Crippen molar-refractivity contribution >= 4 is 27.4 Å². The van der Waals surface area contributed by atoms with Gasteiger partial charge in [0.05, 0.1) is 5.70 Å². The summed E-state index contributed by atoms with van der Waals surface area (Å²) in [5.74, 6) is 0. The lowest BCUT2D eigenvalue weighted by Crippen LogP contribution is -2.38. The molecular weight excluding hydrogens is 681 g/mol. The zero-order valence-corrected chi connectivity index (χ0v) is 31.3. The number of benzene rings is 8. The predicted molar refractivity (Wildman–Crippen MR) is 230 cm³/mol. The molecule has 2 heterocycles. The van der Waals surface area contributed by atoms with Crippen LogP contribution in [0.2, 0.25) is 0 Å². The molecule has 1 aromatic heterocycles. The average Bonchev–Trinajstić information content (AvgIpc) is 3.74. The molecule has 1 N–H and O–H groups in total. The first-order chi connectivity index (χ1) is 27.5. The van der Waals surface area contributed by atoms with Crippen molar-refractivity contribution in [1.29, 1.82) is 0 Å². The minimum Gasteiger partial charge on any atom is -0.452 e. The maximum atomic E-state index is 6.47. The number of rotatable bonds is 5. The second-order valence-corrected chi connectivity index (χ2v) is 15.5. The van der Waals surface area contributed by atoms with Crippen molar-refractivity contribution in [3.8, 4) is 44.5 Å². The Morgan fingerprint density at radius 1 is 0.500 bits per heavy atom. The van der Waals surface area contributed by atoms with Gasteiger partial charge in [-0.05, 0) is 102 Å². The van der Waals surface area contributed by atoms with E-state index in [0.717, 1.165) is 49.7 Å². The van der Waals surface area contributed by atoms with Gasteiger partial charge in [0.25, 0.3) is 0 Å². The zero-order valence-electron chi connectivity index (χ0n) is 31.3.